The van der Waals surface area contributed by atoms with Crippen molar-refractivity contribution in [2.24, 2.45) is 23.3 Å². The van der Waals surface area contributed by atoms with Crippen LogP contribution in [0, 0.1) is 11.8 Å². The van der Waals surface area contributed by atoms with Crippen molar-refractivity contribution in [2.45, 2.75) is 110 Å². The lowest BCUT2D eigenvalue weighted by Crippen LogP contribution is -2.59. The smallest absolute Gasteiger partial charge is 0.248 e. The molecule has 2 saturated carbocycles. The highest BCUT2D eigenvalue weighted by molar-refractivity contribution is 5.87. The van der Waals surface area contributed by atoms with Gasteiger partial charge in [0, 0.05) is 45.3 Å². The maximum absolute atomic E-state index is 13.5. The van der Waals surface area contributed by atoms with E-state index in [-0.39, 0.29) is 37.5 Å². The van der Waals surface area contributed by atoms with Gasteiger partial charge in [0.2, 0.25) is 17.7 Å². The van der Waals surface area contributed by atoms with E-state index in [9.17, 15) is 18.4 Å². The molecule has 0 heterocycles. The molecule has 0 bridgehead atoms. The standard InChI is InChI=1S/C21H32N2O.C9H17N.C7H11F2NO/c1-6-23(7-2)21(14-17(3)13-18(4)15-21)20(24)22(5)16-19-11-9-8-10-12-19;1-3-6-9(4-2)7-5-8-10;8-7(9)3-1-5(2-4-7)6(10)11/h6,9,11-12,18H,1,3,7-8,10,13-16H2,2,4-5H3;3-4,6H,5,7-8,10H2,1-2H3;5H,1-4H2,(H2,10,11)/b;6-3-,9-4+;. The topological polar surface area (TPSA) is 92.7 Å². The molecule has 4 N–H and O–H groups in total. The molecule has 0 aromatic carbocycles. The fraction of sp³-hybridized carbons (Fsp3) is 0.622. The van der Waals surface area contributed by atoms with E-state index in [4.69, 9.17) is 11.5 Å². The van der Waals surface area contributed by atoms with Gasteiger partial charge >= 0.3 is 0 Å². The van der Waals surface area contributed by atoms with E-state index in [1.165, 1.54) is 16.7 Å². The van der Waals surface area contributed by atoms with Crippen molar-refractivity contribution in [2.75, 3.05) is 26.7 Å². The first-order valence-corrected chi connectivity index (χ1v) is 16.6. The predicted molar refractivity (Wildman–Crippen MR) is 185 cm³/mol. The number of carbonyl (C=O) groups is 2. The van der Waals surface area contributed by atoms with Crippen LogP contribution in [0.4, 0.5) is 8.78 Å². The molecule has 2 fully saturated rings. The molecule has 0 radical (unpaired) electrons. The monoisotopic (exact) mass is 630 g/mol. The highest BCUT2D eigenvalue weighted by atomic mass is 19.3. The lowest BCUT2D eigenvalue weighted by atomic mass is 9.72. The molecule has 2 amide bonds. The summed E-state index contributed by atoms with van der Waals surface area (Å²) in [6, 6.07) is 0. The number of alkyl halides is 2. The van der Waals surface area contributed by atoms with E-state index >= 15 is 0 Å². The number of likely N-dealkylation sites (N-methyl/N-ethyl adjacent to an activating group) is 2. The number of nitrogens with zero attached hydrogens (tertiary/aromatic N) is 2. The van der Waals surface area contributed by atoms with Crippen molar-refractivity contribution in [3.8, 4) is 0 Å². The highest BCUT2D eigenvalue weighted by Crippen LogP contribution is 2.41. The van der Waals surface area contributed by atoms with Crippen molar-refractivity contribution in [1.82, 2.24) is 9.80 Å². The minimum atomic E-state index is -2.56. The zero-order valence-corrected chi connectivity index (χ0v) is 28.6. The summed E-state index contributed by atoms with van der Waals surface area (Å²) in [5.41, 5.74) is 13.6. The Hall–Kier alpha value is -3.00. The zero-order valence-electron chi connectivity index (χ0n) is 28.6. The zero-order chi connectivity index (χ0) is 34.0. The number of allylic oxidation sites excluding steroid dienone is 6. The number of primary amides is 1. The Morgan fingerprint density at radius 1 is 1.18 bits per heavy atom. The van der Waals surface area contributed by atoms with Gasteiger partial charge in [-0.25, -0.2) is 8.78 Å². The van der Waals surface area contributed by atoms with Crippen LogP contribution in [0.25, 0.3) is 0 Å². The first-order valence-electron chi connectivity index (χ1n) is 16.6. The molecule has 3 aliphatic carbocycles. The highest BCUT2D eigenvalue weighted by Gasteiger charge is 2.47. The molecule has 0 spiro atoms. The normalized spacial score (nSPS) is 23.2. The van der Waals surface area contributed by atoms with Crippen molar-refractivity contribution in [3.05, 3.63) is 72.5 Å². The van der Waals surface area contributed by atoms with Crippen LogP contribution in [0.2, 0.25) is 0 Å². The van der Waals surface area contributed by atoms with Crippen LogP contribution in [0.5, 0.6) is 0 Å². The van der Waals surface area contributed by atoms with Crippen molar-refractivity contribution in [1.29, 1.82) is 0 Å². The van der Waals surface area contributed by atoms with Gasteiger partial charge in [-0.3, -0.25) is 9.59 Å². The van der Waals surface area contributed by atoms with Crippen LogP contribution in [0.1, 0.15) is 98.3 Å². The molecule has 2 atom stereocenters. The molecule has 0 saturated heterocycles. The molecule has 45 heavy (non-hydrogen) atoms. The number of hydrogen-bond acceptors (Lipinski definition) is 4. The van der Waals surface area contributed by atoms with Gasteiger partial charge in [0.1, 0.15) is 5.54 Å². The Kier molecular flexibility index (Phi) is 18.0. The van der Waals surface area contributed by atoms with Crippen molar-refractivity contribution in [3.63, 3.8) is 0 Å². The minimum absolute atomic E-state index is 0.192. The molecule has 3 aliphatic rings. The van der Waals surface area contributed by atoms with Crippen LogP contribution < -0.4 is 11.5 Å². The Bertz CT molecular complexity index is 1080. The second kappa shape index (κ2) is 20.2. The molecular weight excluding hydrogens is 570 g/mol. The van der Waals surface area contributed by atoms with E-state index < -0.39 is 17.4 Å². The third-order valence-electron chi connectivity index (χ3n) is 8.75. The molecule has 8 heteroatoms. The first kappa shape index (κ1) is 40.0. The van der Waals surface area contributed by atoms with Crippen LogP contribution in [0.15, 0.2) is 72.5 Å². The number of nitrogens with two attached hydrogens (primary N) is 2. The summed E-state index contributed by atoms with van der Waals surface area (Å²) in [4.78, 5) is 28.0. The number of halogens is 2. The van der Waals surface area contributed by atoms with E-state index in [1.807, 2.05) is 25.1 Å². The third-order valence-corrected chi connectivity index (χ3v) is 8.75. The van der Waals surface area contributed by atoms with Gasteiger partial charge in [0.15, 0.2) is 0 Å². The molecule has 2 unspecified atom stereocenters. The Morgan fingerprint density at radius 3 is 2.31 bits per heavy atom. The molecule has 0 aromatic heterocycles. The lowest BCUT2D eigenvalue weighted by Gasteiger charge is -2.48. The Balaban J connectivity index is 0.000000399. The Labute approximate surface area is 272 Å². The SMILES string of the molecule is C/C=C\C(=C/C)CCCN.C=CN(CC)C1(C(=O)N(C)CC2=CCCC=C2)CC(=C)CC(C)C1.NC(=O)C1CCC(F)(F)CC1. The molecule has 0 aliphatic heterocycles. The van der Waals surface area contributed by atoms with Crippen LogP contribution in [-0.4, -0.2) is 59.8 Å². The van der Waals surface area contributed by atoms with Gasteiger partial charge in [0.25, 0.3) is 0 Å². The average Bonchev–Trinajstić information content (AvgIpc) is 3.00. The second-order valence-electron chi connectivity index (χ2n) is 12.6. The minimum Gasteiger partial charge on any atom is -0.369 e. The number of carbonyl (C=O) groups excluding carboxylic acids is 2. The second-order valence-corrected chi connectivity index (χ2v) is 12.6. The molecule has 254 valence electrons. The fourth-order valence-corrected chi connectivity index (χ4v) is 6.47. The first-order chi connectivity index (χ1) is 21.3. The van der Waals surface area contributed by atoms with Crippen LogP contribution >= 0.6 is 0 Å². The number of hydrogen-bond donors (Lipinski definition) is 2. The molecule has 0 aromatic rings. The van der Waals surface area contributed by atoms with Crippen LogP contribution in [-0.2, 0) is 9.59 Å². The van der Waals surface area contributed by atoms with E-state index in [0.717, 1.165) is 58.0 Å². The van der Waals surface area contributed by atoms with Gasteiger partial charge in [0.05, 0.1) is 0 Å². The lowest BCUT2D eigenvalue weighted by molar-refractivity contribution is -0.143. The number of amides is 2. The van der Waals surface area contributed by atoms with Gasteiger partial charge < -0.3 is 21.3 Å². The Morgan fingerprint density at radius 2 is 1.84 bits per heavy atom. The predicted octanol–water partition coefficient (Wildman–Crippen LogP) is 7.85. The summed E-state index contributed by atoms with van der Waals surface area (Å²) < 4.78 is 25.0. The molecule has 6 nitrogen and oxygen atoms in total. The summed E-state index contributed by atoms with van der Waals surface area (Å²) in [7, 11) is 1.92. The van der Waals surface area contributed by atoms with Gasteiger partial charge in [-0.05, 0) is 96.4 Å². The van der Waals surface area contributed by atoms with E-state index in [0.29, 0.717) is 12.5 Å². The number of rotatable bonds is 11. The summed E-state index contributed by atoms with van der Waals surface area (Å²) in [6.45, 7) is 18.8. The van der Waals surface area contributed by atoms with E-state index in [1.54, 1.807) is 0 Å². The van der Waals surface area contributed by atoms with Crippen LogP contribution in [0.3, 0.4) is 0 Å². The maximum atomic E-state index is 13.5. The molecular formula is C37H60F2N4O2. The average molecular weight is 631 g/mol. The summed E-state index contributed by atoms with van der Waals surface area (Å²) in [5, 5.41) is 0. The van der Waals surface area contributed by atoms with E-state index in [2.05, 4.69) is 75.3 Å². The summed E-state index contributed by atoms with van der Waals surface area (Å²) in [6.07, 6.45) is 21.8. The van der Waals surface area contributed by atoms with Gasteiger partial charge in [-0.2, -0.15) is 0 Å². The maximum Gasteiger partial charge on any atom is 0.248 e. The largest absolute Gasteiger partial charge is 0.369 e. The van der Waals surface area contributed by atoms with Crippen molar-refractivity contribution < 1.29 is 18.4 Å². The third kappa shape index (κ3) is 13.5. The van der Waals surface area contributed by atoms with Crippen molar-refractivity contribution >= 4 is 11.8 Å². The molecule has 3 rings (SSSR count). The summed E-state index contributed by atoms with van der Waals surface area (Å²) >= 11 is 0. The fourth-order valence-electron chi connectivity index (χ4n) is 6.47. The quantitative estimate of drug-likeness (QED) is 0.180. The summed E-state index contributed by atoms with van der Waals surface area (Å²) in [5.74, 6) is -2.68. The van der Waals surface area contributed by atoms with Gasteiger partial charge in [-0.1, -0.05) is 67.7 Å². The van der Waals surface area contributed by atoms with Gasteiger partial charge in [-0.15, -0.1) is 0 Å².